The van der Waals surface area contributed by atoms with Crippen molar-refractivity contribution in [2.45, 2.75) is 32.8 Å². The topological polar surface area (TPSA) is 54.4 Å². The van der Waals surface area contributed by atoms with E-state index in [1.165, 1.54) is 6.08 Å². The number of hydrogen-bond donors (Lipinski definition) is 1. The molecule has 1 atom stereocenters. The van der Waals surface area contributed by atoms with Gasteiger partial charge in [-0.05, 0) is 18.6 Å². The number of aliphatic hydroxyl groups is 1. The van der Waals surface area contributed by atoms with Crippen molar-refractivity contribution in [2.75, 3.05) is 0 Å². The van der Waals surface area contributed by atoms with Gasteiger partial charge in [-0.1, -0.05) is 13.8 Å². The van der Waals surface area contributed by atoms with Gasteiger partial charge in [0.25, 0.3) is 0 Å². The van der Waals surface area contributed by atoms with E-state index >= 15 is 0 Å². The van der Waals surface area contributed by atoms with Crippen LogP contribution >= 0.6 is 0 Å². The van der Waals surface area contributed by atoms with Gasteiger partial charge in [-0.15, -0.1) is 0 Å². The first kappa shape index (κ1) is 10.1. The first-order valence-corrected chi connectivity index (χ1v) is 4.24. The van der Waals surface area contributed by atoms with Crippen LogP contribution in [0, 0.1) is 5.41 Å². The highest BCUT2D eigenvalue weighted by atomic mass is 16.3. The van der Waals surface area contributed by atoms with Gasteiger partial charge in [-0.25, -0.2) is 0 Å². The Hall–Kier alpha value is -0.960. The minimum absolute atomic E-state index is 0.0333. The maximum absolute atomic E-state index is 11.2. The van der Waals surface area contributed by atoms with Crippen molar-refractivity contribution >= 4 is 12.1 Å². The lowest BCUT2D eigenvalue weighted by molar-refractivity contribution is -0.136. The third kappa shape index (κ3) is 1.33. The molecular formula is C10H14O3. The molecule has 0 aromatic rings. The van der Waals surface area contributed by atoms with E-state index in [-0.39, 0.29) is 12.2 Å². The van der Waals surface area contributed by atoms with E-state index in [9.17, 15) is 14.7 Å². The summed E-state index contributed by atoms with van der Waals surface area (Å²) in [5.74, 6) is -0.0333. The molecule has 0 aromatic carbocycles. The minimum Gasteiger partial charge on any atom is -0.377 e. The highest BCUT2D eigenvalue weighted by molar-refractivity contribution is 5.95. The molecule has 0 heterocycles. The standard InChI is InChI=1S/C10H14O3/c1-7-4-8(12)5-9(2,3)10(7,13)6-11/h4,6,13H,5H2,1-3H3. The molecule has 1 unspecified atom stereocenters. The zero-order valence-corrected chi connectivity index (χ0v) is 8.13. The number of rotatable bonds is 1. The summed E-state index contributed by atoms with van der Waals surface area (Å²) >= 11 is 0. The van der Waals surface area contributed by atoms with E-state index in [2.05, 4.69) is 0 Å². The molecule has 1 rings (SSSR count). The van der Waals surface area contributed by atoms with Crippen LogP contribution in [0.1, 0.15) is 27.2 Å². The zero-order chi connectivity index (χ0) is 10.3. The predicted molar refractivity (Wildman–Crippen MR) is 48.2 cm³/mol. The molecule has 72 valence electrons. The summed E-state index contributed by atoms with van der Waals surface area (Å²) in [7, 11) is 0. The van der Waals surface area contributed by atoms with Gasteiger partial charge in [0.1, 0.15) is 5.60 Å². The molecule has 0 amide bonds. The molecule has 0 fully saturated rings. The lowest BCUT2D eigenvalue weighted by Crippen LogP contribution is -2.50. The number of hydrogen-bond acceptors (Lipinski definition) is 3. The smallest absolute Gasteiger partial charge is 0.156 e. The van der Waals surface area contributed by atoms with Crippen LogP contribution < -0.4 is 0 Å². The van der Waals surface area contributed by atoms with Crippen LogP contribution in [0.15, 0.2) is 11.6 Å². The largest absolute Gasteiger partial charge is 0.377 e. The molecule has 0 radical (unpaired) electrons. The first-order chi connectivity index (χ1) is 5.83. The van der Waals surface area contributed by atoms with Crippen molar-refractivity contribution in [2.24, 2.45) is 5.41 Å². The Morgan fingerprint density at radius 1 is 1.54 bits per heavy atom. The molecule has 0 bridgehead atoms. The summed E-state index contributed by atoms with van der Waals surface area (Å²) in [6.07, 6.45) is 2.07. The fourth-order valence-electron chi connectivity index (χ4n) is 1.76. The third-order valence-corrected chi connectivity index (χ3v) is 2.80. The summed E-state index contributed by atoms with van der Waals surface area (Å²) in [6, 6.07) is 0. The van der Waals surface area contributed by atoms with Gasteiger partial charge in [0, 0.05) is 11.8 Å². The van der Waals surface area contributed by atoms with E-state index in [0.717, 1.165) is 0 Å². The van der Waals surface area contributed by atoms with Crippen molar-refractivity contribution in [3.63, 3.8) is 0 Å². The second kappa shape index (κ2) is 2.77. The summed E-state index contributed by atoms with van der Waals surface area (Å²) in [5, 5.41) is 10.0. The van der Waals surface area contributed by atoms with Gasteiger partial charge < -0.3 is 5.11 Å². The average molecular weight is 182 g/mol. The Bertz CT molecular complexity index is 289. The maximum atomic E-state index is 11.2. The second-order valence-corrected chi connectivity index (χ2v) is 4.24. The quantitative estimate of drug-likeness (QED) is 0.612. The van der Waals surface area contributed by atoms with Crippen molar-refractivity contribution in [1.29, 1.82) is 0 Å². The van der Waals surface area contributed by atoms with Gasteiger partial charge in [-0.2, -0.15) is 0 Å². The zero-order valence-electron chi connectivity index (χ0n) is 8.13. The monoisotopic (exact) mass is 182 g/mol. The fraction of sp³-hybridized carbons (Fsp3) is 0.600. The molecule has 0 saturated carbocycles. The second-order valence-electron chi connectivity index (χ2n) is 4.24. The SMILES string of the molecule is CC1=CC(=O)CC(C)(C)C1(O)C=O. The van der Waals surface area contributed by atoms with Crippen LogP contribution in [0.25, 0.3) is 0 Å². The highest BCUT2D eigenvalue weighted by Crippen LogP contribution is 2.41. The molecule has 3 nitrogen and oxygen atoms in total. The molecule has 1 N–H and O–H groups in total. The average Bonchev–Trinajstić information content (AvgIpc) is 1.98. The Labute approximate surface area is 77.4 Å². The van der Waals surface area contributed by atoms with E-state index in [1.54, 1.807) is 20.8 Å². The van der Waals surface area contributed by atoms with Gasteiger partial charge in [-0.3, -0.25) is 9.59 Å². The lowest BCUT2D eigenvalue weighted by Gasteiger charge is -2.41. The molecule has 0 saturated heterocycles. The number of aldehydes is 1. The van der Waals surface area contributed by atoms with E-state index < -0.39 is 11.0 Å². The van der Waals surface area contributed by atoms with Crippen LogP contribution in [0.3, 0.4) is 0 Å². The van der Waals surface area contributed by atoms with Crippen LogP contribution in [0.5, 0.6) is 0 Å². The normalized spacial score (nSPS) is 32.6. The number of carbonyl (C=O) groups excluding carboxylic acids is 2. The molecular weight excluding hydrogens is 168 g/mol. The predicted octanol–water partition coefficient (Wildman–Crippen LogP) is 0.862. The van der Waals surface area contributed by atoms with E-state index in [1.807, 2.05) is 0 Å². The highest BCUT2D eigenvalue weighted by Gasteiger charge is 2.48. The summed E-state index contributed by atoms with van der Waals surface area (Å²) in [4.78, 5) is 22.0. The fourth-order valence-corrected chi connectivity index (χ4v) is 1.76. The van der Waals surface area contributed by atoms with Gasteiger partial charge in [0.15, 0.2) is 12.1 Å². The Balaban J connectivity index is 3.25. The van der Waals surface area contributed by atoms with Crippen LogP contribution in [-0.4, -0.2) is 22.8 Å². The summed E-state index contributed by atoms with van der Waals surface area (Å²) in [5.41, 5.74) is -1.75. The summed E-state index contributed by atoms with van der Waals surface area (Å²) < 4.78 is 0. The molecule has 3 heteroatoms. The Kier molecular flexibility index (Phi) is 2.16. The lowest BCUT2D eigenvalue weighted by atomic mass is 9.65. The summed E-state index contributed by atoms with van der Waals surface area (Å²) in [6.45, 7) is 5.04. The van der Waals surface area contributed by atoms with Crippen LogP contribution in [0.4, 0.5) is 0 Å². The number of allylic oxidation sites excluding steroid dienone is 1. The van der Waals surface area contributed by atoms with Crippen LogP contribution in [0.2, 0.25) is 0 Å². The Morgan fingerprint density at radius 2 is 2.08 bits per heavy atom. The molecule has 1 aliphatic carbocycles. The van der Waals surface area contributed by atoms with Crippen molar-refractivity contribution in [3.8, 4) is 0 Å². The van der Waals surface area contributed by atoms with E-state index in [0.29, 0.717) is 11.9 Å². The van der Waals surface area contributed by atoms with Gasteiger partial charge in [0.2, 0.25) is 0 Å². The van der Waals surface area contributed by atoms with Crippen molar-refractivity contribution < 1.29 is 14.7 Å². The van der Waals surface area contributed by atoms with Gasteiger partial charge in [0.05, 0.1) is 0 Å². The molecule has 0 aliphatic heterocycles. The first-order valence-electron chi connectivity index (χ1n) is 4.24. The number of ketones is 1. The number of carbonyl (C=O) groups is 2. The maximum Gasteiger partial charge on any atom is 0.156 e. The molecule has 1 aliphatic rings. The minimum atomic E-state index is -1.49. The molecule has 0 aromatic heterocycles. The van der Waals surface area contributed by atoms with Gasteiger partial charge >= 0.3 is 0 Å². The molecule has 0 spiro atoms. The van der Waals surface area contributed by atoms with Crippen molar-refractivity contribution in [3.05, 3.63) is 11.6 Å². The van der Waals surface area contributed by atoms with Crippen molar-refractivity contribution in [1.82, 2.24) is 0 Å². The Morgan fingerprint density at radius 3 is 2.46 bits per heavy atom. The van der Waals surface area contributed by atoms with Crippen LogP contribution in [-0.2, 0) is 9.59 Å². The molecule has 13 heavy (non-hydrogen) atoms. The third-order valence-electron chi connectivity index (χ3n) is 2.80. The van der Waals surface area contributed by atoms with E-state index in [4.69, 9.17) is 0 Å².